The highest BCUT2D eigenvalue weighted by Crippen LogP contribution is 2.00. The molecule has 0 saturated carbocycles. The van der Waals surface area contributed by atoms with Crippen LogP contribution in [0.2, 0.25) is 0 Å². The highest BCUT2D eigenvalue weighted by molar-refractivity contribution is 5.98. The molecule has 0 fully saturated rings. The molecule has 0 saturated heterocycles. The number of allylic oxidation sites excluding steroid dienone is 4. The van der Waals surface area contributed by atoms with Crippen LogP contribution in [0, 0.1) is 0 Å². The lowest BCUT2D eigenvalue weighted by molar-refractivity contribution is -0.110. The van der Waals surface area contributed by atoms with E-state index in [0.29, 0.717) is 0 Å². The number of ketones is 1. The van der Waals surface area contributed by atoms with Crippen molar-refractivity contribution in [1.82, 2.24) is 0 Å². The second-order valence-corrected chi connectivity index (χ2v) is 2.74. The molecule has 0 aliphatic heterocycles. The van der Waals surface area contributed by atoms with Crippen molar-refractivity contribution in [2.24, 2.45) is 0 Å². The quantitative estimate of drug-likeness (QED) is 0.519. The maximum absolute atomic E-state index is 10.8. The molecule has 0 heterocycles. The maximum atomic E-state index is 10.8. The van der Waals surface area contributed by atoms with Gasteiger partial charge in [-0.3, -0.25) is 4.79 Å². The summed E-state index contributed by atoms with van der Waals surface area (Å²) < 4.78 is 0. The molecule has 1 heteroatoms. The molecular weight excluding hydrogens is 172 g/mol. The van der Waals surface area contributed by atoms with Crippen LogP contribution < -0.4 is 0 Å². The Morgan fingerprint density at radius 2 is 1.86 bits per heavy atom. The normalized spacial score (nSPS) is 10.9. The Labute approximate surface area is 84.1 Å². The molecule has 0 amide bonds. The molecule has 0 spiro atoms. The molecule has 0 bridgehead atoms. The van der Waals surface area contributed by atoms with Gasteiger partial charge in [0.2, 0.25) is 0 Å². The molecule has 0 aromatic heterocycles. The van der Waals surface area contributed by atoms with Crippen LogP contribution in [0.4, 0.5) is 0 Å². The minimum absolute atomic E-state index is 0.0808. The summed E-state index contributed by atoms with van der Waals surface area (Å²) in [5.41, 5.74) is 1.11. The van der Waals surface area contributed by atoms with Crippen LogP contribution in [0.25, 0.3) is 6.08 Å². The van der Waals surface area contributed by atoms with Crippen LogP contribution in [-0.2, 0) is 4.79 Å². The van der Waals surface area contributed by atoms with Gasteiger partial charge >= 0.3 is 0 Å². The summed E-state index contributed by atoms with van der Waals surface area (Å²) in [6, 6.07) is 9.91. The third-order valence-electron chi connectivity index (χ3n) is 1.66. The Morgan fingerprint density at radius 3 is 2.50 bits per heavy atom. The minimum Gasteiger partial charge on any atom is -0.290 e. The van der Waals surface area contributed by atoms with Crippen molar-refractivity contribution in [3.63, 3.8) is 0 Å². The second kappa shape index (κ2) is 5.70. The molecule has 0 radical (unpaired) electrons. The van der Waals surface area contributed by atoms with E-state index in [9.17, 15) is 4.79 Å². The first kappa shape index (κ1) is 10.2. The van der Waals surface area contributed by atoms with Crippen LogP contribution in [-0.4, -0.2) is 5.78 Å². The van der Waals surface area contributed by atoms with Gasteiger partial charge in [0.25, 0.3) is 0 Å². The zero-order valence-electron chi connectivity index (χ0n) is 7.89. The Bertz CT molecular complexity index is 358. The smallest absolute Gasteiger partial charge is 0.178 e. The number of hydrogen-bond donors (Lipinski definition) is 0. The fourth-order valence-corrected chi connectivity index (χ4v) is 0.949. The van der Waals surface area contributed by atoms with E-state index in [4.69, 9.17) is 0 Å². The lowest BCUT2D eigenvalue weighted by Gasteiger charge is -1.88. The Morgan fingerprint density at radius 1 is 1.14 bits per heavy atom. The zero-order chi connectivity index (χ0) is 10.2. The average molecular weight is 184 g/mol. The molecule has 0 aliphatic rings. The third-order valence-corrected chi connectivity index (χ3v) is 1.66. The van der Waals surface area contributed by atoms with E-state index in [1.165, 1.54) is 12.2 Å². The van der Waals surface area contributed by atoms with Gasteiger partial charge in [0.05, 0.1) is 0 Å². The first-order valence-corrected chi connectivity index (χ1v) is 4.39. The molecule has 70 valence electrons. The maximum Gasteiger partial charge on any atom is 0.178 e. The monoisotopic (exact) mass is 184 g/mol. The van der Waals surface area contributed by atoms with Crippen molar-refractivity contribution in [2.75, 3.05) is 0 Å². The molecule has 0 N–H and O–H groups in total. The molecule has 1 aromatic carbocycles. The van der Waals surface area contributed by atoms with Crippen molar-refractivity contribution in [3.8, 4) is 0 Å². The molecule has 0 aliphatic carbocycles. The summed E-state index contributed by atoms with van der Waals surface area (Å²) in [7, 11) is 0. The van der Waals surface area contributed by atoms with E-state index < -0.39 is 0 Å². The van der Waals surface area contributed by atoms with Crippen molar-refractivity contribution in [2.45, 2.75) is 0 Å². The third kappa shape index (κ3) is 3.68. The molecule has 0 unspecified atom stereocenters. The lowest BCUT2D eigenvalue weighted by Crippen LogP contribution is -1.80. The van der Waals surface area contributed by atoms with Crippen molar-refractivity contribution < 1.29 is 4.79 Å². The molecular formula is C13H12O. The van der Waals surface area contributed by atoms with E-state index >= 15 is 0 Å². The van der Waals surface area contributed by atoms with Gasteiger partial charge < -0.3 is 0 Å². The fourth-order valence-electron chi connectivity index (χ4n) is 0.949. The van der Waals surface area contributed by atoms with E-state index in [-0.39, 0.29) is 5.78 Å². The molecule has 1 nitrogen and oxygen atoms in total. The summed E-state index contributed by atoms with van der Waals surface area (Å²) in [4.78, 5) is 10.8. The van der Waals surface area contributed by atoms with Gasteiger partial charge in [0, 0.05) is 0 Å². The van der Waals surface area contributed by atoms with Gasteiger partial charge in [-0.1, -0.05) is 55.1 Å². The number of hydrogen-bond acceptors (Lipinski definition) is 1. The number of carbonyl (C=O) groups excluding carboxylic acids is 1. The van der Waals surface area contributed by atoms with Gasteiger partial charge in [-0.05, 0) is 17.7 Å². The summed E-state index contributed by atoms with van der Waals surface area (Å²) in [6.07, 6.45) is 8.24. The van der Waals surface area contributed by atoms with Crippen LogP contribution in [0.5, 0.6) is 0 Å². The highest BCUT2D eigenvalue weighted by atomic mass is 16.1. The van der Waals surface area contributed by atoms with Crippen molar-refractivity contribution in [1.29, 1.82) is 0 Å². The topological polar surface area (TPSA) is 17.1 Å². The van der Waals surface area contributed by atoms with Crippen molar-refractivity contribution >= 4 is 11.9 Å². The highest BCUT2D eigenvalue weighted by Gasteiger charge is 1.82. The Hall–Kier alpha value is -1.89. The predicted octanol–water partition coefficient (Wildman–Crippen LogP) is 3.01. The van der Waals surface area contributed by atoms with Crippen LogP contribution in [0.1, 0.15) is 5.56 Å². The number of carbonyl (C=O) groups is 1. The van der Waals surface area contributed by atoms with Crippen molar-refractivity contribution in [3.05, 3.63) is 66.8 Å². The first-order valence-electron chi connectivity index (χ1n) is 4.39. The van der Waals surface area contributed by atoms with E-state index in [2.05, 4.69) is 6.58 Å². The van der Waals surface area contributed by atoms with Gasteiger partial charge in [-0.2, -0.15) is 0 Å². The SMILES string of the molecule is C=CC(=O)/C=C/C=C/c1ccccc1. The Balaban J connectivity index is 2.54. The molecule has 14 heavy (non-hydrogen) atoms. The summed E-state index contributed by atoms with van der Waals surface area (Å²) in [6.45, 7) is 3.37. The summed E-state index contributed by atoms with van der Waals surface area (Å²) in [5, 5.41) is 0. The average Bonchev–Trinajstić information content (AvgIpc) is 2.25. The van der Waals surface area contributed by atoms with Gasteiger partial charge in [-0.25, -0.2) is 0 Å². The van der Waals surface area contributed by atoms with E-state index in [1.807, 2.05) is 42.5 Å². The predicted molar refractivity (Wildman–Crippen MR) is 59.8 cm³/mol. The summed E-state index contributed by atoms with van der Waals surface area (Å²) in [5.74, 6) is -0.0808. The number of rotatable bonds is 4. The minimum atomic E-state index is -0.0808. The standard InChI is InChI=1S/C13H12O/c1-2-13(14)11-7-6-10-12-8-4-3-5-9-12/h2-11H,1H2/b10-6+,11-7+. The van der Waals surface area contributed by atoms with Crippen LogP contribution in [0.3, 0.4) is 0 Å². The molecule has 1 rings (SSSR count). The molecule has 0 atom stereocenters. The second-order valence-electron chi connectivity index (χ2n) is 2.74. The van der Waals surface area contributed by atoms with E-state index in [1.54, 1.807) is 6.08 Å². The largest absolute Gasteiger partial charge is 0.290 e. The van der Waals surface area contributed by atoms with Crippen LogP contribution in [0.15, 0.2) is 61.2 Å². The number of benzene rings is 1. The lowest BCUT2D eigenvalue weighted by atomic mass is 10.2. The zero-order valence-corrected chi connectivity index (χ0v) is 7.89. The van der Waals surface area contributed by atoms with Gasteiger partial charge in [-0.15, -0.1) is 0 Å². The Kier molecular flexibility index (Phi) is 4.15. The van der Waals surface area contributed by atoms with Gasteiger partial charge in [0.1, 0.15) is 0 Å². The van der Waals surface area contributed by atoms with Crippen LogP contribution >= 0.6 is 0 Å². The molecule has 1 aromatic rings. The van der Waals surface area contributed by atoms with E-state index in [0.717, 1.165) is 5.56 Å². The summed E-state index contributed by atoms with van der Waals surface area (Å²) >= 11 is 0. The fraction of sp³-hybridized carbons (Fsp3) is 0. The van der Waals surface area contributed by atoms with Gasteiger partial charge in [0.15, 0.2) is 5.78 Å². The first-order chi connectivity index (χ1) is 6.83.